The summed E-state index contributed by atoms with van der Waals surface area (Å²) in [6.45, 7) is 0. The van der Waals surface area contributed by atoms with Gasteiger partial charge >= 0.3 is 0 Å². The van der Waals surface area contributed by atoms with E-state index in [0.717, 1.165) is 3.57 Å². The summed E-state index contributed by atoms with van der Waals surface area (Å²) in [5, 5.41) is 13.5. The average Bonchev–Trinajstić information content (AvgIpc) is 2.41. The Hall–Kier alpha value is -1.48. The van der Waals surface area contributed by atoms with Crippen LogP contribution in [0.3, 0.4) is 0 Å². The molecule has 0 saturated heterocycles. The molecule has 0 spiro atoms. The van der Waals surface area contributed by atoms with Crippen molar-refractivity contribution >= 4 is 55.8 Å². The van der Waals surface area contributed by atoms with Crippen LogP contribution in [0.25, 0.3) is 0 Å². The Kier molecular flexibility index (Phi) is 4.71. The number of nitrogens with one attached hydrogen (secondary N) is 1. The van der Waals surface area contributed by atoms with Gasteiger partial charge in [0.1, 0.15) is 4.47 Å². The Balaban J connectivity index is 2.28. The summed E-state index contributed by atoms with van der Waals surface area (Å²) in [5.41, 5.74) is 0.715. The van der Waals surface area contributed by atoms with Crippen LogP contribution in [0, 0.1) is 13.7 Å². The van der Waals surface area contributed by atoms with Gasteiger partial charge < -0.3 is 5.32 Å². The Morgan fingerprint density at radius 2 is 1.85 bits per heavy atom. The molecule has 2 rings (SSSR count). The lowest BCUT2D eigenvalue weighted by Crippen LogP contribution is -2.13. The van der Waals surface area contributed by atoms with Crippen molar-refractivity contribution in [1.82, 2.24) is 0 Å². The quantitative estimate of drug-likeness (QED) is 0.436. The van der Waals surface area contributed by atoms with Crippen LogP contribution >= 0.6 is 38.5 Å². The van der Waals surface area contributed by atoms with E-state index in [1.807, 2.05) is 12.1 Å². The normalized spacial score (nSPS) is 10.1. The summed E-state index contributed by atoms with van der Waals surface area (Å²) in [6, 6.07) is 11.6. The molecule has 0 radical (unpaired) electrons. The SMILES string of the molecule is O=C(Nc1ccc(I)cc1)c1cccc([N+](=O)[O-])c1Br. The molecule has 7 heteroatoms. The molecule has 1 amide bonds. The molecule has 0 fully saturated rings. The molecule has 0 aliphatic heterocycles. The number of amides is 1. The van der Waals surface area contributed by atoms with Gasteiger partial charge in [-0.1, -0.05) is 6.07 Å². The number of nitro benzene ring substituents is 1. The van der Waals surface area contributed by atoms with E-state index in [-0.39, 0.29) is 15.7 Å². The molecular formula is C13H8BrIN2O3. The van der Waals surface area contributed by atoms with E-state index in [0.29, 0.717) is 5.69 Å². The minimum Gasteiger partial charge on any atom is -0.322 e. The van der Waals surface area contributed by atoms with Gasteiger partial charge in [-0.25, -0.2) is 0 Å². The van der Waals surface area contributed by atoms with Gasteiger partial charge in [-0.2, -0.15) is 0 Å². The number of halogens is 2. The fourth-order valence-electron chi connectivity index (χ4n) is 1.57. The maximum absolute atomic E-state index is 12.1. The van der Waals surface area contributed by atoms with Crippen LogP contribution in [-0.2, 0) is 0 Å². The molecule has 20 heavy (non-hydrogen) atoms. The highest BCUT2D eigenvalue weighted by atomic mass is 127. The monoisotopic (exact) mass is 446 g/mol. The number of anilines is 1. The van der Waals surface area contributed by atoms with Crippen molar-refractivity contribution in [2.75, 3.05) is 5.32 Å². The predicted molar refractivity (Wildman–Crippen MR) is 87.9 cm³/mol. The molecule has 0 aromatic heterocycles. The zero-order valence-electron chi connectivity index (χ0n) is 9.97. The van der Waals surface area contributed by atoms with Gasteiger partial charge in [0, 0.05) is 15.3 Å². The van der Waals surface area contributed by atoms with E-state index in [2.05, 4.69) is 43.8 Å². The fourth-order valence-corrected chi connectivity index (χ4v) is 2.52. The third-order valence-corrected chi connectivity index (χ3v) is 4.07. The van der Waals surface area contributed by atoms with Gasteiger partial charge in [0.25, 0.3) is 11.6 Å². The smallest absolute Gasteiger partial charge is 0.284 e. The van der Waals surface area contributed by atoms with E-state index in [1.54, 1.807) is 12.1 Å². The summed E-state index contributed by atoms with van der Waals surface area (Å²) in [4.78, 5) is 22.4. The first kappa shape index (κ1) is 14.9. The highest BCUT2D eigenvalue weighted by Crippen LogP contribution is 2.28. The van der Waals surface area contributed by atoms with E-state index in [1.165, 1.54) is 18.2 Å². The molecule has 0 bridgehead atoms. The van der Waals surface area contributed by atoms with Crippen LogP contribution < -0.4 is 5.32 Å². The minimum atomic E-state index is -0.536. The summed E-state index contributed by atoms with van der Waals surface area (Å²) >= 11 is 5.27. The molecular weight excluding hydrogens is 439 g/mol. The number of rotatable bonds is 3. The summed E-state index contributed by atoms with van der Waals surface area (Å²) in [7, 11) is 0. The van der Waals surface area contributed by atoms with Crippen molar-refractivity contribution in [2.24, 2.45) is 0 Å². The molecule has 0 saturated carbocycles. The minimum absolute atomic E-state index is 0.139. The largest absolute Gasteiger partial charge is 0.322 e. The van der Waals surface area contributed by atoms with Crippen molar-refractivity contribution in [3.8, 4) is 0 Å². The lowest BCUT2D eigenvalue weighted by molar-refractivity contribution is -0.385. The first-order valence-corrected chi connectivity index (χ1v) is 7.36. The fraction of sp³-hybridized carbons (Fsp3) is 0. The van der Waals surface area contributed by atoms with E-state index < -0.39 is 10.8 Å². The maximum atomic E-state index is 12.1. The lowest BCUT2D eigenvalue weighted by atomic mass is 10.2. The number of benzene rings is 2. The molecule has 5 nitrogen and oxygen atoms in total. The van der Waals surface area contributed by atoms with Crippen molar-refractivity contribution in [1.29, 1.82) is 0 Å². The Labute approximate surface area is 136 Å². The number of hydrogen-bond donors (Lipinski definition) is 1. The number of hydrogen-bond acceptors (Lipinski definition) is 3. The van der Waals surface area contributed by atoms with Crippen molar-refractivity contribution in [3.05, 3.63) is 66.2 Å². The van der Waals surface area contributed by atoms with Gasteiger partial charge in [-0.05, 0) is 68.9 Å². The Morgan fingerprint density at radius 1 is 1.20 bits per heavy atom. The highest BCUT2D eigenvalue weighted by Gasteiger charge is 2.19. The zero-order valence-corrected chi connectivity index (χ0v) is 13.7. The van der Waals surface area contributed by atoms with Gasteiger partial charge in [0.05, 0.1) is 10.5 Å². The van der Waals surface area contributed by atoms with Crippen LogP contribution in [0.15, 0.2) is 46.9 Å². The van der Waals surface area contributed by atoms with E-state index in [9.17, 15) is 14.9 Å². The maximum Gasteiger partial charge on any atom is 0.284 e. The number of carbonyl (C=O) groups is 1. The predicted octanol–water partition coefficient (Wildman–Crippen LogP) is 4.21. The number of nitrogens with zero attached hydrogens (tertiary/aromatic N) is 1. The summed E-state index contributed by atoms with van der Waals surface area (Å²) in [6.07, 6.45) is 0. The van der Waals surface area contributed by atoms with E-state index >= 15 is 0 Å². The highest BCUT2D eigenvalue weighted by molar-refractivity contribution is 14.1. The lowest BCUT2D eigenvalue weighted by Gasteiger charge is -2.07. The second-order valence-corrected chi connectivity index (χ2v) is 5.90. The second kappa shape index (κ2) is 6.31. The molecule has 0 heterocycles. The molecule has 102 valence electrons. The molecule has 0 aliphatic rings. The van der Waals surface area contributed by atoms with Gasteiger partial charge in [-0.15, -0.1) is 0 Å². The van der Waals surface area contributed by atoms with Gasteiger partial charge in [0.2, 0.25) is 0 Å². The van der Waals surface area contributed by atoms with Crippen molar-refractivity contribution in [2.45, 2.75) is 0 Å². The molecule has 2 aromatic carbocycles. The zero-order chi connectivity index (χ0) is 14.7. The molecule has 0 atom stereocenters. The first-order valence-electron chi connectivity index (χ1n) is 5.49. The van der Waals surface area contributed by atoms with E-state index in [4.69, 9.17) is 0 Å². The van der Waals surface area contributed by atoms with Crippen molar-refractivity contribution in [3.63, 3.8) is 0 Å². The molecule has 0 unspecified atom stereocenters. The van der Waals surface area contributed by atoms with Crippen LogP contribution in [0.5, 0.6) is 0 Å². The third-order valence-electron chi connectivity index (χ3n) is 2.52. The molecule has 1 N–H and O–H groups in total. The second-order valence-electron chi connectivity index (χ2n) is 3.86. The standard InChI is InChI=1S/C13H8BrIN2O3/c14-12-10(2-1-3-11(12)17(19)20)13(18)16-9-6-4-8(15)5-7-9/h1-7H,(H,16,18). The van der Waals surface area contributed by atoms with Crippen LogP contribution in [0.4, 0.5) is 11.4 Å². The van der Waals surface area contributed by atoms with Crippen LogP contribution in [0.2, 0.25) is 0 Å². The van der Waals surface area contributed by atoms with Crippen LogP contribution in [0.1, 0.15) is 10.4 Å². The Morgan fingerprint density at radius 3 is 2.45 bits per heavy atom. The number of carbonyl (C=O) groups excluding carboxylic acids is 1. The topological polar surface area (TPSA) is 72.2 Å². The first-order chi connectivity index (χ1) is 9.49. The Bertz CT molecular complexity index is 674. The third kappa shape index (κ3) is 3.34. The number of nitro groups is 1. The summed E-state index contributed by atoms with van der Waals surface area (Å²) < 4.78 is 1.23. The molecule has 2 aromatic rings. The van der Waals surface area contributed by atoms with Crippen molar-refractivity contribution < 1.29 is 9.72 Å². The molecule has 0 aliphatic carbocycles. The average molecular weight is 447 g/mol. The summed E-state index contributed by atoms with van der Waals surface area (Å²) in [5.74, 6) is -0.401. The van der Waals surface area contributed by atoms with Crippen LogP contribution in [-0.4, -0.2) is 10.8 Å². The van der Waals surface area contributed by atoms with Gasteiger partial charge in [-0.3, -0.25) is 14.9 Å². The van der Waals surface area contributed by atoms with Gasteiger partial charge in [0.15, 0.2) is 0 Å².